The van der Waals surface area contributed by atoms with E-state index in [0.717, 1.165) is 30.0 Å². The molecular weight excluding hydrogens is 302 g/mol. The summed E-state index contributed by atoms with van der Waals surface area (Å²) in [6.07, 6.45) is 2.59. The van der Waals surface area contributed by atoms with E-state index in [0.29, 0.717) is 0 Å². The second-order valence-corrected chi connectivity index (χ2v) is 5.88. The molecule has 1 heterocycles. The van der Waals surface area contributed by atoms with Crippen LogP contribution in [0.2, 0.25) is 0 Å². The lowest BCUT2D eigenvalue weighted by Gasteiger charge is -2.19. The first-order chi connectivity index (χ1) is 11.7. The molecule has 0 saturated carbocycles. The van der Waals surface area contributed by atoms with Crippen LogP contribution in [0.3, 0.4) is 0 Å². The summed E-state index contributed by atoms with van der Waals surface area (Å²) in [5.74, 6) is 1.64. The zero-order valence-electron chi connectivity index (χ0n) is 13.9. The number of hydrogen-bond acceptors (Lipinski definition) is 5. The van der Waals surface area contributed by atoms with E-state index >= 15 is 0 Å². The predicted octanol–water partition coefficient (Wildman–Crippen LogP) is 3.01. The third-order valence-corrected chi connectivity index (χ3v) is 3.78. The van der Waals surface area contributed by atoms with Crippen LogP contribution in [-0.2, 0) is 0 Å². The van der Waals surface area contributed by atoms with Gasteiger partial charge in [0.15, 0.2) is 0 Å². The Morgan fingerprint density at radius 1 is 1.00 bits per heavy atom. The quantitative estimate of drug-likeness (QED) is 0.669. The van der Waals surface area contributed by atoms with Gasteiger partial charge in [-0.05, 0) is 67.3 Å². The van der Waals surface area contributed by atoms with Crippen molar-refractivity contribution in [2.75, 3.05) is 20.6 Å². The van der Waals surface area contributed by atoms with E-state index < -0.39 is 0 Å². The maximum Gasteiger partial charge on any atom is 0.138 e. The van der Waals surface area contributed by atoms with E-state index in [2.05, 4.69) is 46.7 Å². The highest BCUT2D eigenvalue weighted by Crippen LogP contribution is 2.26. The van der Waals surface area contributed by atoms with E-state index in [4.69, 9.17) is 4.74 Å². The number of ether oxygens (including phenoxy) is 1. The number of benzene rings is 2. The maximum absolute atomic E-state index is 5.85. The van der Waals surface area contributed by atoms with Crippen molar-refractivity contribution in [1.29, 1.82) is 0 Å². The Labute approximate surface area is 141 Å². The molecular formula is C18H21N5O. The fourth-order valence-electron chi connectivity index (χ4n) is 2.53. The van der Waals surface area contributed by atoms with Crippen LogP contribution in [0.15, 0.2) is 60.9 Å². The zero-order chi connectivity index (χ0) is 16.8. The van der Waals surface area contributed by atoms with Gasteiger partial charge in [0, 0.05) is 0 Å². The minimum Gasteiger partial charge on any atom is -0.457 e. The van der Waals surface area contributed by atoms with Crippen molar-refractivity contribution in [1.82, 2.24) is 25.1 Å². The molecule has 0 bridgehead atoms. The monoisotopic (exact) mass is 323 g/mol. The molecule has 0 radical (unpaired) electrons. The molecule has 3 aromatic rings. The Balaban J connectivity index is 1.76. The topological polar surface area (TPSA) is 56.1 Å². The van der Waals surface area contributed by atoms with Gasteiger partial charge in [-0.2, -0.15) is 0 Å². The Kier molecular flexibility index (Phi) is 5.18. The van der Waals surface area contributed by atoms with Gasteiger partial charge in [-0.25, -0.2) is 4.68 Å². The summed E-state index contributed by atoms with van der Waals surface area (Å²) in [4.78, 5) is 2.16. The number of hydrogen-bond donors (Lipinski definition) is 0. The molecule has 24 heavy (non-hydrogen) atoms. The van der Waals surface area contributed by atoms with Crippen LogP contribution in [0.25, 0.3) is 0 Å². The summed E-state index contributed by atoms with van der Waals surface area (Å²) in [5, 5.41) is 11.6. The smallest absolute Gasteiger partial charge is 0.138 e. The number of para-hydroxylation sites is 1. The van der Waals surface area contributed by atoms with Crippen molar-refractivity contribution in [3.8, 4) is 11.5 Å². The largest absolute Gasteiger partial charge is 0.457 e. The molecule has 3 rings (SSSR count). The Morgan fingerprint density at radius 3 is 2.33 bits per heavy atom. The van der Waals surface area contributed by atoms with Crippen molar-refractivity contribution in [3.05, 3.63) is 66.5 Å². The van der Waals surface area contributed by atoms with Crippen LogP contribution >= 0.6 is 0 Å². The lowest BCUT2D eigenvalue weighted by Crippen LogP contribution is -2.20. The van der Waals surface area contributed by atoms with Crippen LogP contribution in [0.5, 0.6) is 11.5 Å². The van der Waals surface area contributed by atoms with E-state index in [9.17, 15) is 0 Å². The van der Waals surface area contributed by atoms with Gasteiger partial charge in [0.05, 0.1) is 6.04 Å². The van der Waals surface area contributed by atoms with Gasteiger partial charge >= 0.3 is 0 Å². The van der Waals surface area contributed by atoms with Crippen LogP contribution < -0.4 is 4.74 Å². The third-order valence-electron chi connectivity index (χ3n) is 3.78. The highest BCUT2D eigenvalue weighted by Gasteiger charge is 2.15. The first-order valence-corrected chi connectivity index (χ1v) is 7.92. The number of rotatable bonds is 7. The first-order valence-electron chi connectivity index (χ1n) is 7.92. The normalized spacial score (nSPS) is 12.3. The molecule has 0 fully saturated rings. The van der Waals surface area contributed by atoms with Crippen LogP contribution in [0, 0.1) is 0 Å². The number of aromatic nitrogens is 4. The van der Waals surface area contributed by atoms with Gasteiger partial charge in [-0.15, -0.1) is 5.10 Å². The lowest BCUT2D eigenvalue weighted by atomic mass is 10.0. The fourth-order valence-corrected chi connectivity index (χ4v) is 2.53. The van der Waals surface area contributed by atoms with Crippen molar-refractivity contribution < 1.29 is 4.74 Å². The molecule has 2 aromatic carbocycles. The predicted molar refractivity (Wildman–Crippen MR) is 92.1 cm³/mol. The van der Waals surface area contributed by atoms with Crippen molar-refractivity contribution in [2.24, 2.45) is 0 Å². The molecule has 0 aliphatic carbocycles. The average Bonchev–Trinajstić information content (AvgIpc) is 3.11. The second-order valence-electron chi connectivity index (χ2n) is 5.88. The molecule has 1 unspecified atom stereocenters. The molecule has 1 atom stereocenters. The first kappa shape index (κ1) is 16.1. The molecule has 0 aliphatic rings. The van der Waals surface area contributed by atoms with Gasteiger partial charge in [-0.3, -0.25) is 0 Å². The lowest BCUT2D eigenvalue weighted by molar-refractivity contribution is 0.354. The molecule has 0 N–H and O–H groups in total. The summed E-state index contributed by atoms with van der Waals surface area (Å²) < 4.78 is 7.65. The molecule has 1 aromatic heterocycles. The van der Waals surface area contributed by atoms with Crippen LogP contribution in [0.1, 0.15) is 18.0 Å². The SMILES string of the molecule is CN(C)CCC(c1ccc(Oc2ccccc2)cc1)n1cnnn1. The summed E-state index contributed by atoms with van der Waals surface area (Å²) in [6.45, 7) is 0.951. The van der Waals surface area contributed by atoms with E-state index in [1.807, 2.05) is 42.5 Å². The van der Waals surface area contributed by atoms with Crippen molar-refractivity contribution >= 4 is 0 Å². The molecule has 6 nitrogen and oxygen atoms in total. The van der Waals surface area contributed by atoms with E-state index in [-0.39, 0.29) is 6.04 Å². The standard InChI is InChI=1S/C18H21N5O/c1-22(2)13-12-18(23-14-19-20-21-23)15-8-10-17(11-9-15)24-16-6-4-3-5-7-16/h3-11,14,18H,12-13H2,1-2H3. The highest BCUT2D eigenvalue weighted by molar-refractivity contribution is 5.34. The van der Waals surface area contributed by atoms with E-state index in [1.165, 1.54) is 0 Å². The maximum atomic E-state index is 5.85. The van der Waals surface area contributed by atoms with Crippen molar-refractivity contribution in [2.45, 2.75) is 12.5 Å². The van der Waals surface area contributed by atoms with Gasteiger partial charge in [0.1, 0.15) is 17.8 Å². The van der Waals surface area contributed by atoms with Gasteiger partial charge in [0.25, 0.3) is 0 Å². The summed E-state index contributed by atoms with van der Waals surface area (Å²) in [7, 11) is 4.13. The van der Waals surface area contributed by atoms with Crippen molar-refractivity contribution in [3.63, 3.8) is 0 Å². The Morgan fingerprint density at radius 2 is 1.71 bits per heavy atom. The average molecular weight is 323 g/mol. The van der Waals surface area contributed by atoms with Gasteiger partial charge in [-0.1, -0.05) is 30.3 Å². The minimum absolute atomic E-state index is 0.105. The summed E-state index contributed by atoms with van der Waals surface area (Å²) in [5.41, 5.74) is 1.16. The molecule has 6 heteroatoms. The molecule has 124 valence electrons. The van der Waals surface area contributed by atoms with Crippen LogP contribution in [-0.4, -0.2) is 45.7 Å². The molecule has 0 aliphatic heterocycles. The van der Waals surface area contributed by atoms with E-state index in [1.54, 1.807) is 11.0 Å². The molecule has 0 amide bonds. The minimum atomic E-state index is 0.105. The molecule has 0 saturated heterocycles. The zero-order valence-corrected chi connectivity index (χ0v) is 13.9. The van der Waals surface area contributed by atoms with Gasteiger partial charge < -0.3 is 9.64 Å². The summed E-state index contributed by atoms with van der Waals surface area (Å²) in [6, 6.07) is 18.0. The van der Waals surface area contributed by atoms with Crippen LogP contribution in [0.4, 0.5) is 0 Å². The second kappa shape index (κ2) is 7.70. The van der Waals surface area contributed by atoms with Gasteiger partial charge in [0.2, 0.25) is 0 Å². The highest BCUT2D eigenvalue weighted by atomic mass is 16.5. The Bertz CT molecular complexity index is 726. The fraction of sp³-hybridized carbons (Fsp3) is 0.278. The number of tetrazole rings is 1. The number of nitrogens with zero attached hydrogens (tertiary/aromatic N) is 5. The molecule has 0 spiro atoms. The summed E-state index contributed by atoms with van der Waals surface area (Å²) >= 11 is 0. The third kappa shape index (κ3) is 4.17. The Hall–Kier alpha value is -2.73.